The summed E-state index contributed by atoms with van der Waals surface area (Å²) in [6, 6.07) is 9.52. The summed E-state index contributed by atoms with van der Waals surface area (Å²) in [7, 11) is -3.48. The quantitative estimate of drug-likeness (QED) is 0.186. The van der Waals surface area contributed by atoms with Crippen LogP contribution in [0.15, 0.2) is 42.5 Å². The number of hydrogen-bond acceptors (Lipinski definition) is 9. The smallest absolute Gasteiger partial charge is 0.399 e. The zero-order valence-corrected chi connectivity index (χ0v) is 31.7. The van der Waals surface area contributed by atoms with E-state index in [2.05, 4.69) is 15.1 Å². The Kier molecular flexibility index (Phi) is 11.6. The number of alkyl halides is 3. The van der Waals surface area contributed by atoms with E-state index in [4.69, 9.17) is 14.6 Å². The molecule has 2 saturated heterocycles. The van der Waals surface area contributed by atoms with Gasteiger partial charge in [-0.3, -0.25) is 9.58 Å². The summed E-state index contributed by atoms with van der Waals surface area (Å²) in [6.07, 6.45) is -0.963. The van der Waals surface area contributed by atoms with E-state index in [0.717, 1.165) is 97.3 Å². The molecule has 0 bridgehead atoms. The molecule has 0 unspecified atom stereocenters. The molecule has 1 amide bonds. The molecule has 0 spiro atoms. The van der Waals surface area contributed by atoms with E-state index >= 15 is 0 Å². The van der Waals surface area contributed by atoms with Crippen LogP contribution in [-0.2, 0) is 40.4 Å². The molecule has 0 saturated carbocycles. The number of piperidine rings is 1. The van der Waals surface area contributed by atoms with E-state index in [1.54, 1.807) is 6.07 Å². The van der Waals surface area contributed by atoms with Crippen molar-refractivity contribution in [2.45, 2.75) is 50.9 Å². The highest BCUT2D eigenvalue weighted by molar-refractivity contribution is 7.88. The van der Waals surface area contributed by atoms with Crippen molar-refractivity contribution in [3.63, 3.8) is 0 Å². The van der Waals surface area contributed by atoms with Crippen molar-refractivity contribution in [3.05, 3.63) is 70.7 Å². The van der Waals surface area contributed by atoms with E-state index in [1.807, 2.05) is 4.68 Å². The number of amides is 1. The lowest BCUT2D eigenvalue weighted by Crippen LogP contribution is -2.41. The predicted octanol–water partition coefficient (Wildman–Crippen LogP) is 5.93. The predicted molar refractivity (Wildman–Crippen MR) is 198 cm³/mol. The Morgan fingerprint density at radius 2 is 1.72 bits per heavy atom. The van der Waals surface area contributed by atoms with E-state index in [1.165, 1.54) is 39.9 Å². The number of likely N-dealkylation sites (tertiary alicyclic amines) is 1. The number of morpholine rings is 1. The van der Waals surface area contributed by atoms with E-state index in [9.17, 15) is 30.8 Å². The van der Waals surface area contributed by atoms with Crippen LogP contribution in [0.1, 0.15) is 47.6 Å². The fraction of sp³-hybridized carbons (Fsp3) is 0.514. The molecule has 0 aliphatic carbocycles. The molecule has 11 nitrogen and oxygen atoms in total. The molecule has 17 heteroatoms. The average Bonchev–Trinajstić information content (AvgIpc) is 3.68. The summed E-state index contributed by atoms with van der Waals surface area (Å²) in [5, 5.41) is 9.08. The van der Waals surface area contributed by atoms with Gasteiger partial charge in [-0.15, -0.1) is 0 Å². The van der Waals surface area contributed by atoms with Gasteiger partial charge in [-0.2, -0.15) is 22.6 Å². The highest BCUT2D eigenvalue weighted by Gasteiger charge is 2.33. The topological polar surface area (TPSA) is 109 Å². The van der Waals surface area contributed by atoms with Crippen molar-refractivity contribution >= 4 is 37.5 Å². The van der Waals surface area contributed by atoms with Crippen LogP contribution in [0.3, 0.4) is 0 Å². The third-order valence-electron chi connectivity index (χ3n) is 10.5. The van der Waals surface area contributed by atoms with Gasteiger partial charge in [0.05, 0.1) is 30.7 Å². The first-order valence-electron chi connectivity index (χ1n) is 18.2. The summed E-state index contributed by atoms with van der Waals surface area (Å²) in [6.45, 7) is 7.57. The highest BCUT2D eigenvalue weighted by Crippen LogP contribution is 2.45. The monoisotopic (exact) mass is 792 g/mol. The Balaban J connectivity index is 0.988. The third-order valence-corrected chi connectivity index (χ3v) is 12.8. The zero-order valence-electron chi connectivity index (χ0n) is 30.0. The third kappa shape index (κ3) is 8.92. The summed E-state index contributed by atoms with van der Waals surface area (Å²) >= 11 is 1.29. The number of benzene rings is 2. The van der Waals surface area contributed by atoms with Crippen LogP contribution < -0.4 is 10.1 Å². The summed E-state index contributed by atoms with van der Waals surface area (Å²) in [5.41, 5.74) is 2.82. The van der Waals surface area contributed by atoms with E-state index in [-0.39, 0.29) is 18.3 Å². The molecular formula is C37H44F4N6O5S2. The number of sulfonamides is 1. The summed E-state index contributed by atoms with van der Waals surface area (Å²) in [4.78, 5) is 17.5. The van der Waals surface area contributed by atoms with Crippen LogP contribution in [-0.4, -0.2) is 110 Å². The molecule has 292 valence electrons. The normalized spacial score (nSPS) is 18.2. The standard InChI is InChI=1S/C37H44F4N6O5S2/c1-54(49,50)46-17-11-31-30(24-46)34(26-3-5-27(6-4-26)37(39,40)41)43-47(31)14-2-13-44-15-9-25(10-16-44)33-29-8-7-28(38)23-32(29)53-35(33)52-36(48)42-12-18-45-19-21-51-22-20-45/h3-8,23,25H,2,9-22,24H2,1H3,(H,42,48). The van der Waals surface area contributed by atoms with Crippen molar-refractivity contribution in [1.82, 2.24) is 29.2 Å². The maximum absolute atomic E-state index is 14.2. The molecule has 4 aromatic rings. The minimum absolute atomic E-state index is 0.115. The van der Waals surface area contributed by atoms with Gasteiger partial charge in [-0.25, -0.2) is 17.6 Å². The molecule has 54 heavy (non-hydrogen) atoms. The second-order valence-corrected chi connectivity index (χ2v) is 17.1. The van der Waals surface area contributed by atoms with Gasteiger partial charge in [0.1, 0.15) is 5.82 Å². The van der Waals surface area contributed by atoms with Gasteiger partial charge in [0.2, 0.25) is 10.0 Å². The molecule has 2 aromatic heterocycles. The Bertz CT molecular complexity index is 2060. The van der Waals surface area contributed by atoms with E-state index in [0.29, 0.717) is 62.1 Å². The number of halogens is 4. The molecule has 7 rings (SSSR count). The number of thiophene rings is 1. The second kappa shape index (κ2) is 16.2. The van der Waals surface area contributed by atoms with Gasteiger partial charge in [0.25, 0.3) is 0 Å². The van der Waals surface area contributed by atoms with Gasteiger partial charge in [-0.1, -0.05) is 29.5 Å². The van der Waals surface area contributed by atoms with Gasteiger partial charge >= 0.3 is 12.3 Å². The van der Waals surface area contributed by atoms with Crippen LogP contribution in [0.4, 0.5) is 22.4 Å². The van der Waals surface area contributed by atoms with Gasteiger partial charge in [-0.05, 0) is 69.1 Å². The molecule has 5 heterocycles. The number of fused-ring (bicyclic) bond motifs is 2. The molecule has 3 aliphatic rings. The molecule has 0 radical (unpaired) electrons. The maximum Gasteiger partial charge on any atom is 0.416 e. The lowest BCUT2D eigenvalue weighted by atomic mass is 9.88. The van der Waals surface area contributed by atoms with Crippen molar-refractivity contribution in [3.8, 4) is 16.3 Å². The van der Waals surface area contributed by atoms with Crippen molar-refractivity contribution in [2.75, 3.05) is 71.8 Å². The first kappa shape index (κ1) is 38.7. The summed E-state index contributed by atoms with van der Waals surface area (Å²) < 4.78 is 94.1. The summed E-state index contributed by atoms with van der Waals surface area (Å²) in [5.74, 6) is -0.219. The van der Waals surface area contributed by atoms with Crippen LogP contribution in [0.5, 0.6) is 5.06 Å². The number of aryl methyl sites for hydroxylation is 1. The SMILES string of the molecule is CS(=O)(=O)N1CCc2c(c(-c3ccc(C(F)(F)F)cc3)nn2CCCN2CCC(c3c(OC(=O)NCCN4CCOCC4)sc4cc(F)ccc34)CC2)C1. The fourth-order valence-corrected chi connectivity index (χ4v) is 9.61. The number of aromatic nitrogens is 2. The highest BCUT2D eigenvalue weighted by atomic mass is 32.2. The number of nitrogens with one attached hydrogen (secondary N) is 1. The minimum Gasteiger partial charge on any atom is -0.399 e. The number of carbonyl (C=O) groups excluding carboxylic acids is 1. The molecule has 2 aromatic carbocycles. The number of carbonyl (C=O) groups is 1. The largest absolute Gasteiger partial charge is 0.416 e. The van der Waals surface area contributed by atoms with Crippen molar-refractivity contribution in [2.24, 2.45) is 0 Å². The number of nitrogens with zero attached hydrogens (tertiary/aromatic N) is 5. The Labute approximate surface area is 315 Å². The van der Waals surface area contributed by atoms with Crippen molar-refractivity contribution in [1.29, 1.82) is 0 Å². The van der Waals surface area contributed by atoms with Gasteiger partial charge in [0.15, 0.2) is 5.06 Å². The van der Waals surface area contributed by atoms with Crippen LogP contribution in [0, 0.1) is 5.82 Å². The number of ether oxygens (including phenoxy) is 2. The van der Waals surface area contributed by atoms with Crippen molar-refractivity contribution < 1.29 is 40.2 Å². The number of hydrogen-bond donors (Lipinski definition) is 1. The fourth-order valence-electron chi connectivity index (χ4n) is 7.66. The molecular weight excluding hydrogens is 749 g/mol. The molecule has 3 aliphatic heterocycles. The van der Waals surface area contributed by atoms with Crippen LogP contribution >= 0.6 is 11.3 Å². The van der Waals surface area contributed by atoms with Gasteiger partial charge in [0, 0.05) is 84.7 Å². The second-order valence-electron chi connectivity index (χ2n) is 14.1. The van der Waals surface area contributed by atoms with Crippen LogP contribution in [0.2, 0.25) is 0 Å². The minimum atomic E-state index is -4.47. The Morgan fingerprint density at radius 3 is 2.43 bits per heavy atom. The maximum atomic E-state index is 14.2. The van der Waals surface area contributed by atoms with Crippen LogP contribution in [0.25, 0.3) is 21.3 Å². The Morgan fingerprint density at radius 1 is 1.00 bits per heavy atom. The molecule has 0 atom stereocenters. The lowest BCUT2D eigenvalue weighted by molar-refractivity contribution is -0.137. The lowest BCUT2D eigenvalue weighted by Gasteiger charge is -2.32. The number of rotatable bonds is 11. The average molecular weight is 793 g/mol. The first-order valence-corrected chi connectivity index (χ1v) is 20.9. The molecule has 2 fully saturated rings. The van der Waals surface area contributed by atoms with Gasteiger partial charge < -0.3 is 19.7 Å². The Hall–Kier alpha value is -3.61. The molecule has 1 N–H and O–H groups in total. The van der Waals surface area contributed by atoms with E-state index < -0.39 is 27.9 Å². The first-order chi connectivity index (χ1) is 25.8. The zero-order chi connectivity index (χ0) is 38.0.